The van der Waals surface area contributed by atoms with Crippen LogP contribution in [0, 0.1) is 0 Å². The topological polar surface area (TPSA) is 38.7 Å². The number of hydrogen-bond acceptors (Lipinski definition) is 4. The quantitative estimate of drug-likeness (QED) is 0.886. The Morgan fingerprint density at radius 2 is 2.33 bits per heavy atom. The minimum absolute atomic E-state index is 0.0436. The molecule has 0 saturated carbocycles. The monoisotopic (exact) mass is 262 g/mol. The minimum atomic E-state index is -0.0436. The lowest BCUT2D eigenvalue weighted by molar-refractivity contribution is 0.200. The van der Waals surface area contributed by atoms with Crippen LogP contribution in [0.2, 0.25) is 0 Å². The number of thioether (sulfide) groups is 1. The fraction of sp³-hybridized carbons (Fsp3) is 0.286. The first-order valence-electron chi connectivity index (χ1n) is 5.83. The number of benzene rings is 1. The van der Waals surface area contributed by atoms with Crippen LogP contribution in [0.3, 0.4) is 0 Å². The Hall–Kier alpha value is -1.55. The van der Waals surface area contributed by atoms with Crippen molar-refractivity contribution in [2.24, 2.45) is 0 Å². The highest BCUT2D eigenvalue weighted by Gasteiger charge is 2.33. The van der Waals surface area contributed by atoms with E-state index in [9.17, 15) is 5.11 Å². The third-order valence-corrected chi connectivity index (χ3v) is 4.44. The normalized spacial score (nSPS) is 25.3. The predicted molar refractivity (Wildman–Crippen MR) is 71.7 cm³/mol. The number of ether oxygens (including phenoxy) is 2. The molecule has 2 unspecified atom stereocenters. The number of fused-ring (bicyclic) bond motifs is 1. The van der Waals surface area contributed by atoms with E-state index in [0.29, 0.717) is 11.0 Å². The third kappa shape index (κ3) is 1.97. The second-order valence-corrected chi connectivity index (χ2v) is 5.51. The summed E-state index contributed by atoms with van der Waals surface area (Å²) in [4.78, 5) is 0. The largest absolute Gasteiger partial charge is 0.504 e. The van der Waals surface area contributed by atoms with Gasteiger partial charge in [0.05, 0.1) is 12.4 Å². The molecule has 0 radical (unpaired) electrons. The Morgan fingerprint density at radius 3 is 3.06 bits per heavy atom. The zero-order valence-electron chi connectivity index (χ0n) is 10.00. The summed E-state index contributed by atoms with van der Waals surface area (Å²) in [5, 5.41) is 10.2. The molecule has 1 saturated heterocycles. The van der Waals surface area contributed by atoms with Crippen LogP contribution in [0.4, 0.5) is 0 Å². The zero-order valence-corrected chi connectivity index (χ0v) is 10.8. The van der Waals surface area contributed by atoms with Crippen molar-refractivity contribution in [3.63, 3.8) is 0 Å². The summed E-state index contributed by atoms with van der Waals surface area (Å²) in [7, 11) is 1.54. The Kier molecular flexibility index (Phi) is 2.96. The summed E-state index contributed by atoms with van der Waals surface area (Å²) in [5.74, 6) is 1.67. The highest BCUT2D eigenvalue weighted by Crippen LogP contribution is 2.48. The van der Waals surface area contributed by atoms with Gasteiger partial charge in [0.15, 0.2) is 16.9 Å². The lowest BCUT2D eigenvalue weighted by Crippen LogP contribution is -2.01. The molecule has 3 rings (SSSR count). The molecule has 0 amide bonds. The summed E-state index contributed by atoms with van der Waals surface area (Å²) >= 11 is 1.78. The minimum Gasteiger partial charge on any atom is -0.504 e. The van der Waals surface area contributed by atoms with Crippen molar-refractivity contribution in [3.05, 3.63) is 47.7 Å². The van der Waals surface area contributed by atoms with Crippen LogP contribution in [0.25, 0.3) is 0 Å². The predicted octanol–water partition coefficient (Wildman–Crippen LogP) is 3.38. The van der Waals surface area contributed by atoms with Gasteiger partial charge >= 0.3 is 0 Å². The fourth-order valence-electron chi connectivity index (χ4n) is 2.13. The molecule has 4 heteroatoms. The highest BCUT2D eigenvalue weighted by atomic mass is 32.2. The first kappa shape index (κ1) is 11.5. The maximum absolute atomic E-state index is 9.79. The molecule has 0 aromatic heterocycles. The molecule has 1 aliphatic carbocycles. The Morgan fingerprint density at radius 1 is 1.44 bits per heavy atom. The van der Waals surface area contributed by atoms with E-state index in [4.69, 9.17) is 9.47 Å². The van der Waals surface area contributed by atoms with Crippen molar-refractivity contribution < 1.29 is 14.6 Å². The van der Waals surface area contributed by atoms with E-state index >= 15 is 0 Å². The molecule has 18 heavy (non-hydrogen) atoms. The molecular weight excluding hydrogens is 248 g/mol. The Labute approximate surface area is 110 Å². The van der Waals surface area contributed by atoms with Crippen LogP contribution < -0.4 is 4.74 Å². The fourth-order valence-corrected chi connectivity index (χ4v) is 3.39. The number of hydrogen-bond donors (Lipinski definition) is 1. The van der Waals surface area contributed by atoms with Crippen molar-refractivity contribution in [1.82, 2.24) is 0 Å². The maximum Gasteiger partial charge on any atom is 0.170 e. The van der Waals surface area contributed by atoms with Gasteiger partial charge in [0.2, 0.25) is 0 Å². The van der Waals surface area contributed by atoms with E-state index in [0.717, 1.165) is 17.7 Å². The van der Waals surface area contributed by atoms with Gasteiger partial charge in [-0.15, -0.1) is 11.8 Å². The summed E-state index contributed by atoms with van der Waals surface area (Å²) < 4.78 is 10.9. The molecule has 0 bridgehead atoms. The van der Waals surface area contributed by atoms with Crippen LogP contribution in [0.5, 0.6) is 11.5 Å². The number of methoxy groups -OCH3 is 1. The number of phenolic OH excluding ortho intramolecular Hbond substituents is 1. The molecule has 1 aromatic carbocycles. The van der Waals surface area contributed by atoms with Crippen LogP contribution in [0.1, 0.15) is 17.4 Å². The van der Waals surface area contributed by atoms with Crippen molar-refractivity contribution in [2.75, 3.05) is 7.11 Å². The lowest BCUT2D eigenvalue weighted by Gasteiger charge is -2.11. The van der Waals surface area contributed by atoms with Crippen LogP contribution in [0.15, 0.2) is 42.2 Å². The molecule has 94 valence electrons. The maximum atomic E-state index is 9.79. The number of rotatable bonds is 2. The lowest BCUT2D eigenvalue weighted by atomic mass is 10.1. The van der Waals surface area contributed by atoms with E-state index in [-0.39, 0.29) is 11.2 Å². The van der Waals surface area contributed by atoms with Crippen molar-refractivity contribution in [3.8, 4) is 11.5 Å². The van der Waals surface area contributed by atoms with E-state index in [1.54, 1.807) is 31.0 Å². The van der Waals surface area contributed by atoms with Gasteiger partial charge in [0, 0.05) is 5.56 Å². The molecule has 1 aromatic rings. The van der Waals surface area contributed by atoms with E-state index < -0.39 is 0 Å². The van der Waals surface area contributed by atoms with Gasteiger partial charge in [-0.3, -0.25) is 0 Å². The second-order valence-electron chi connectivity index (χ2n) is 4.24. The smallest absolute Gasteiger partial charge is 0.170 e. The average molecular weight is 262 g/mol. The summed E-state index contributed by atoms with van der Waals surface area (Å²) in [5.41, 5.74) is 0.923. The van der Waals surface area contributed by atoms with E-state index in [1.807, 2.05) is 18.2 Å². The number of allylic oxidation sites excluding steroid dienone is 3. The molecule has 1 fully saturated rings. The third-order valence-electron chi connectivity index (χ3n) is 3.07. The molecule has 0 spiro atoms. The van der Waals surface area contributed by atoms with Gasteiger partial charge in [-0.1, -0.05) is 18.2 Å². The Bertz CT molecular complexity index is 522. The van der Waals surface area contributed by atoms with Crippen LogP contribution in [-0.4, -0.2) is 17.5 Å². The van der Waals surface area contributed by atoms with Gasteiger partial charge in [0.25, 0.3) is 0 Å². The highest BCUT2D eigenvalue weighted by molar-refractivity contribution is 8.00. The molecule has 1 heterocycles. The van der Waals surface area contributed by atoms with Crippen LogP contribution >= 0.6 is 11.8 Å². The van der Waals surface area contributed by atoms with Gasteiger partial charge < -0.3 is 14.6 Å². The summed E-state index contributed by atoms with van der Waals surface area (Å²) in [6, 6.07) is 5.41. The number of phenols is 1. The molecule has 2 atom stereocenters. The molecule has 1 aliphatic heterocycles. The van der Waals surface area contributed by atoms with Gasteiger partial charge in [-0.05, 0) is 24.6 Å². The number of aromatic hydroxyl groups is 1. The molecular formula is C14H14O3S. The van der Waals surface area contributed by atoms with Gasteiger partial charge in [-0.25, -0.2) is 0 Å². The summed E-state index contributed by atoms with van der Waals surface area (Å²) in [6.45, 7) is 0. The summed E-state index contributed by atoms with van der Waals surface area (Å²) in [6.07, 6.45) is 7.21. The zero-order chi connectivity index (χ0) is 12.5. The van der Waals surface area contributed by atoms with E-state index in [1.165, 1.54) is 0 Å². The molecule has 1 N–H and O–H groups in total. The first-order valence-corrected chi connectivity index (χ1v) is 6.78. The van der Waals surface area contributed by atoms with Crippen molar-refractivity contribution in [1.29, 1.82) is 0 Å². The van der Waals surface area contributed by atoms with Gasteiger partial charge in [-0.2, -0.15) is 0 Å². The molecule has 2 aliphatic rings. The van der Waals surface area contributed by atoms with Crippen molar-refractivity contribution >= 4 is 11.8 Å². The van der Waals surface area contributed by atoms with Crippen LogP contribution in [-0.2, 0) is 4.74 Å². The Balaban J connectivity index is 1.83. The SMILES string of the molecule is COc1ccc(C2OC3=CC=CCC3S2)cc1O. The van der Waals surface area contributed by atoms with Crippen molar-refractivity contribution in [2.45, 2.75) is 17.1 Å². The molecule has 3 nitrogen and oxygen atoms in total. The first-order chi connectivity index (χ1) is 8.78. The van der Waals surface area contributed by atoms with Gasteiger partial charge in [0.1, 0.15) is 5.76 Å². The van der Waals surface area contributed by atoms with E-state index in [2.05, 4.69) is 6.08 Å². The average Bonchev–Trinajstić information content (AvgIpc) is 2.82. The second kappa shape index (κ2) is 4.61. The standard InChI is InChI=1S/C14H14O3S/c1-16-11-7-6-9(8-10(11)15)14-17-12-4-2-3-5-13(12)18-14/h2-4,6-8,13-15H,5H2,1H3.